The summed E-state index contributed by atoms with van der Waals surface area (Å²) in [5.41, 5.74) is 2.46. The molecular formula is C17H29N3. The highest BCUT2D eigenvalue weighted by molar-refractivity contribution is 5.45. The summed E-state index contributed by atoms with van der Waals surface area (Å²) in [6, 6.07) is 4.84. The fourth-order valence-corrected chi connectivity index (χ4v) is 2.83. The standard InChI is InChI=1S/C17H29N3/c1-4-10-18-16(5-2)17-7-6-15(13-19-17)20-11-8-14(3)9-12-20/h6-7,13-14,16,18H,4-5,8-12H2,1-3H3. The Kier molecular flexibility index (Phi) is 5.84. The van der Waals surface area contributed by atoms with Crippen LogP contribution in [0, 0.1) is 5.92 Å². The van der Waals surface area contributed by atoms with Gasteiger partial charge in [-0.2, -0.15) is 0 Å². The summed E-state index contributed by atoms with van der Waals surface area (Å²) in [7, 11) is 0. The van der Waals surface area contributed by atoms with Crippen molar-refractivity contribution >= 4 is 5.69 Å². The molecule has 3 heteroatoms. The smallest absolute Gasteiger partial charge is 0.0574 e. The predicted octanol–water partition coefficient (Wildman–Crippen LogP) is 3.77. The minimum absolute atomic E-state index is 0.394. The molecule has 1 unspecified atom stereocenters. The van der Waals surface area contributed by atoms with Gasteiger partial charge in [0, 0.05) is 19.1 Å². The summed E-state index contributed by atoms with van der Waals surface area (Å²) in [4.78, 5) is 7.16. The molecule has 0 bridgehead atoms. The maximum atomic E-state index is 4.69. The normalized spacial score (nSPS) is 18.2. The molecule has 0 radical (unpaired) electrons. The number of piperidine rings is 1. The summed E-state index contributed by atoms with van der Waals surface area (Å²) in [5.74, 6) is 0.876. The Bertz CT molecular complexity index is 356. The topological polar surface area (TPSA) is 28.2 Å². The van der Waals surface area contributed by atoms with Crippen molar-refractivity contribution in [2.75, 3.05) is 24.5 Å². The summed E-state index contributed by atoms with van der Waals surface area (Å²) >= 11 is 0. The molecule has 1 fully saturated rings. The molecule has 1 aromatic heterocycles. The molecule has 0 amide bonds. The molecule has 1 N–H and O–H groups in total. The summed E-state index contributed by atoms with van der Waals surface area (Å²) in [6.07, 6.45) is 6.92. The van der Waals surface area contributed by atoms with Crippen molar-refractivity contribution in [3.05, 3.63) is 24.0 Å². The van der Waals surface area contributed by atoms with Gasteiger partial charge in [-0.15, -0.1) is 0 Å². The van der Waals surface area contributed by atoms with Crippen LogP contribution in [0.2, 0.25) is 0 Å². The molecule has 1 atom stereocenters. The number of nitrogens with one attached hydrogen (secondary N) is 1. The number of hydrogen-bond acceptors (Lipinski definition) is 3. The molecule has 0 aromatic carbocycles. The van der Waals surface area contributed by atoms with E-state index in [2.05, 4.69) is 49.3 Å². The van der Waals surface area contributed by atoms with E-state index in [-0.39, 0.29) is 0 Å². The highest BCUT2D eigenvalue weighted by Gasteiger charge is 2.17. The van der Waals surface area contributed by atoms with Gasteiger partial charge in [0.1, 0.15) is 0 Å². The molecule has 1 aliphatic heterocycles. The lowest BCUT2D eigenvalue weighted by molar-refractivity contribution is 0.438. The van der Waals surface area contributed by atoms with E-state index in [9.17, 15) is 0 Å². The first-order valence-electron chi connectivity index (χ1n) is 8.18. The second kappa shape index (κ2) is 7.63. The molecule has 0 spiro atoms. The SMILES string of the molecule is CCCNC(CC)c1ccc(N2CCC(C)CC2)cn1. The molecular weight excluding hydrogens is 246 g/mol. The van der Waals surface area contributed by atoms with Crippen LogP contribution in [0.1, 0.15) is 58.2 Å². The molecule has 2 heterocycles. The van der Waals surface area contributed by atoms with Crippen molar-refractivity contribution in [2.24, 2.45) is 5.92 Å². The van der Waals surface area contributed by atoms with Gasteiger partial charge in [-0.25, -0.2) is 0 Å². The van der Waals surface area contributed by atoms with Crippen LogP contribution in [-0.2, 0) is 0 Å². The third-order valence-corrected chi connectivity index (χ3v) is 4.33. The van der Waals surface area contributed by atoms with Crippen molar-refractivity contribution < 1.29 is 0 Å². The van der Waals surface area contributed by atoms with E-state index in [1.165, 1.54) is 43.7 Å². The average molecular weight is 275 g/mol. The predicted molar refractivity (Wildman–Crippen MR) is 86.2 cm³/mol. The zero-order valence-corrected chi connectivity index (χ0v) is 13.2. The fourth-order valence-electron chi connectivity index (χ4n) is 2.83. The molecule has 20 heavy (non-hydrogen) atoms. The van der Waals surface area contributed by atoms with Gasteiger partial charge in [0.2, 0.25) is 0 Å². The van der Waals surface area contributed by atoms with Gasteiger partial charge >= 0.3 is 0 Å². The van der Waals surface area contributed by atoms with Crippen LogP contribution in [0.15, 0.2) is 18.3 Å². The van der Waals surface area contributed by atoms with Crippen molar-refractivity contribution in [3.8, 4) is 0 Å². The Balaban J connectivity index is 1.98. The van der Waals surface area contributed by atoms with Crippen molar-refractivity contribution in [2.45, 2.75) is 52.5 Å². The van der Waals surface area contributed by atoms with Crippen LogP contribution in [0.5, 0.6) is 0 Å². The first-order valence-corrected chi connectivity index (χ1v) is 8.18. The number of rotatable bonds is 6. The zero-order valence-electron chi connectivity index (χ0n) is 13.2. The monoisotopic (exact) mass is 275 g/mol. The van der Waals surface area contributed by atoms with Gasteiger partial charge in [-0.1, -0.05) is 20.8 Å². The lowest BCUT2D eigenvalue weighted by atomic mass is 9.99. The molecule has 0 aliphatic carbocycles. The average Bonchev–Trinajstić information content (AvgIpc) is 2.49. The molecule has 1 aliphatic rings. The molecule has 3 nitrogen and oxygen atoms in total. The van der Waals surface area contributed by atoms with E-state index in [1.807, 2.05) is 0 Å². The van der Waals surface area contributed by atoms with Crippen LogP contribution in [0.25, 0.3) is 0 Å². The Morgan fingerprint density at radius 1 is 1.30 bits per heavy atom. The molecule has 112 valence electrons. The Hall–Kier alpha value is -1.09. The van der Waals surface area contributed by atoms with Crippen LogP contribution in [0.3, 0.4) is 0 Å². The summed E-state index contributed by atoms with van der Waals surface area (Å²) < 4.78 is 0. The number of nitrogens with zero attached hydrogens (tertiary/aromatic N) is 2. The van der Waals surface area contributed by atoms with E-state index in [0.29, 0.717) is 6.04 Å². The van der Waals surface area contributed by atoms with Gasteiger partial charge in [0.25, 0.3) is 0 Å². The van der Waals surface area contributed by atoms with Crippen LogP contribution in [-0.4, -0.2) is 24.6 Å². The summed E-state index contributed by atoms with van der Waals surface area (Å²) in [5, 5.41) is 3.56. The third-order valence-electron chi connectivity index (χ3n) is 4.33. The maximum Gasteiger partial charge on any atom is 0.0574 e. The van der Waals surface area contributed by atoms with E-state index in [0.717, 1.165) is 18.9 Å². The second-order valence-electron chi connectivity index (χ2n) is 6.03. The number of hydrogen-bond donors (Lipinski definition) is 1. The number of aromatic nitrogens is 1. The highest BCUT2D eigenvalue weighted by atomic mass is 15.1. The molecule has 0 saturated carbocycles. The fraction of sp³-hybridized carbons (Fsp3) is 0.706. The first kappa shape index (κ1) is 15.3. The van der Waals surface area contributed by atoms with Gasteiger partial charge in [-0.05, 0) is 50.3 Å². The maximum absolute atomic E-state index is 4.69. The molecule has 1 saturated heterocycles. The van der Waals surface area contributed by atoms with Crippen LogP contribution >= 0.6 is 0 Å². The lowest BCUT2D eigenvalue weighted by Crippen LogP contribution is -2.32. The van der Waals surface area contributed by atoms with Crippen molar-refractivity contribution in [3.63, 3.8) is 0 Å². The molecule has 1 aromatic rings. The minimum Gasteiger partial charge on any atom is -0.370 e. The van der Waals surface area contributed by atoms with Crippen molar-refractivity contribution in [1.29, 1.82) is 0 Å². The number of anilines is 1. The van der Waals surface area contributed by atoms with Crippen LogP contribution in [0.4, 0.5) is 5.69 Å². The van der Waals surface area contributed by atoms with Gasteiger partial charge in [-0.3, -0.25) is 4.98 Å². The Morgan fingerprint density at radius 3 is 2.60 bits per heavy atom. The van der Waals surface area contributed by atoms with Gasteiger partial charge < -0.3 is 10.2 Å². The quantitative estimate of drug-likeness (QED) is 0.856. The van der Waals surface area contributed by atoms with Gasteiger partial charge in [0.05, 0.1) is 17.6 Å². The van der Waals surface area contributed by atoms with Crippen LogP contribution < -0.4 is 10.2 Å². The largest absolute Gasteiger partial charge is 0.370 e. The lowest BCUT2D eigenvalue weighted by Gasteiger charge is -2.32. The molecule has 2 rings (SSSR count). The minimum atomic E-state index is 0.394. The van der Waals surface area contributed by atoms with E-state index in [4.69, 9.17) is 4.98 Å². The second-order valence-corrected chi connectivity index (χ2v) is 6.03. The Morgan fingerprint density at radius 2 is 2.05 bits per heavy atom. The van der Waals surface area contributed by atoms with E-state index in [1.54, 1.807) is 0 Å². The van der Waals surface area contributed by atoms with Crippen molar-refractivity contribution in [1.82, 2.24) is 10.3 Å². The number of pyridine rings is 1. The zero-order chi connectivity index (χ0) is 14.4. The Labute approximate surface area is 123 Å². The van der Waals surface area contributed by atoms with E-state index >= 15 is 0 Å². The first-order chi connectivity index (χ1) is 9.74. The van der Waals surface area contributed by atoms with Gasteiger partial charge in [0.15, 0.2) is 0 Å². The van der Waals surface area contributed by atoms with E-state index < -0.39 is 0 Å². The highest BCUT2D eigenvalue weighted by Crippen LogP contribution is 2.23. The third kappa shape index (κ3) is 3.95. The summed E-state index contributed by atoms with van der Waals surface area (Å²) in [6.45, 7) is 10.2.